The van der Waals surface area contributed by atoms with E-state index in [1.54, 1.807) is 30.3 Å². The first-order valence-electron chi connectivity index (χ1n) is 9.84. The quantitative estimate of drug-likeness (QED) is 0.457. The Bertz CT molecular complexity index is 1210. The summed E-state index contributed by atoms with van der Waals surface area (Å²) in [4.78, 5) is 25.6. The number of nitrogens with one attached hydrogen (secondary N) is 2. The fraction of sp³-hybridized carbons (Fsp3) is 0.167. The van der Waals surface area contributed by atoms with Crippen LogP contribution in [-0.4, -0.2) is 18.9 Å². The van der Waals surface area contributed by atoms with E-state index in [0.29, 0.717) is 16.5 Å². The minimum atomic E-state index is -0.740. The molecular weight excluding hydrogens is 454 g/mol. The molecule has 0 heterocycles. The van der Waals surface area contributed by atoms with Gasteiger partial charge in [-0.05, 0) is 66.9 Å². The molecule has 0 radical (unpaired) electrons. The lowest BCUT2D eigenvalue weighted by Crippen LogP contribution is -2.27. The van der Waals surface area contributed by atoms with Crippen LogP contribution in [0, 0.1) is 5.82 Å². The molecule has 0 bridgehead atoms. The number of amides is 2. The Morgan fingerprint density at radius 2 is 1.72 bits per heavy atom. The van der Waals surface area contributed by atoms with Crippen LogP contribution in [0.2, 0.25) is 10.0 Å². The van der Waals surface area contributed by atoms with Gasteiger partial charge >= 0.3 is 0 Å². The van der Waals surface area contributed by atoms with Crippen molar-refractivity contribution in [3.63, 3.8) is 0 Å². The summed E-state index contributed by atoms with van der Waals surface area (Å²) in [7, 11) is 1.45. The number of benzene rings is 3. The van der Waals surface area contributed by atoms with Gasteiger partial charge in [0.25, 0.3) is 5.91 Å². The molecule has 2 N–H and O–H groups in total. The number of methoxy groups -OCH3 is 1. The van der Waals surface area contributed by atoms with E-state index in [4.69, 9.17) is 27.9 Å². The molecular formula is C24H19Cl2FN2O3. The molecule has 3 aromatic rings. The van der Waals surface area contributed by atoms with Gasteiger partial charge in [0.2, 0.25) is 5.91 Å². The van der Waals surface area contributed by atoms with Crippen LogP contribution in [0.1, 0.15) is 28.8 Å². The summed E-state index contributed by atoms with van der Waals surface area (Å²) < 4.78 is 19.4. The number of anilines is 2. The molecule has 8 heteroatoms. The van der Waals surface area contributed by atoms with Crippen LogP contribution in [0.15, 0.2) is 60.7 Å². The number of hydrogen-bond donors (Lipinski definition) is 2. The first kappa shape index (κ1) is 22.1. The zero-order chi connectivity index (χ0) is 22.9. The van der Waals surface area contributed by atoms with Gasteiger partial charge in [0.15, 0.2) is 0 Å². The number of hydrogen-bond acceptors (Lipinski definition) is 3. The Morgan fingerprint density at radius 3 is 2.38 bits per heavy atom. The van der Waals surface area contributed by atoms with Crippen LogP contribution in [0.25, 0.3) is 0 Å². The Labute approximate surface area is 194 Å². The van der Waals surface area contributed by atoms with Gasteiger partial charge in [0.1, 0.15) is 11.6 Å². The van der Waals surface area contributed by atoms with Gasteiger partial charge in [-0.1, -0.05) is 35.3 Å². The number of rotatable bonds is 6. The Balaban J connectivity index is 1.55. The third-order valence-corrected chi connectivity index (χ3v) is 5.91. The van der Waals surface area contributed by atoms with Gasteiger partial charge in [0.05, 0.1) is 23.8 Å². The molecule has 4 rings (SSSR count). The maximum absolute atomic E-state index is 14.1. The molecule has 0 aromatic heterocycles. The molecule has 164 valence electrons. The second-order valence-corrected chi connectivity index (χ2v) is 8.41. The highest BCUT2D eigenvalue weighted by Crippen LogP contribution is 2.49. The monoisotopic (exact) mass is 472 g/mol. The van der Waals surface area contributed by atoms with Gasteiger partial charge in [-0.3, -0.25) is 9.59 Å². The molecule has 5 nitrogen and oxygen atoms in total. The molecule has 32 heavy (non-hydrogen) atoms. The smallest absolute Gasteiger partial charge is 0.258 e. The number of carbonyl (C=O) groups is 2. The normalized spacial score (nSPS) is 13.9. The third-order valence-electron chi connectivity index (χ3n) is 5.44. The van der Waals surface area contributed by atoms with Gasteiger partial charge in [-0.25, -0.2) is 4.39 Å². The maximum atomic E-state index is 14.1. The summed E-state index contributed by atoms with van der Waals surface area (Å²) >= 11 is 11.9. The fourth-order valence-corrected chi connectivity index (χ4v) is 3.90. The SMILES string of the molecule is COc1ccc(NC(=O)C2(c3cccc(Cl)c3)CC2)cc1NC(=O)c1ccc(Cl)cc1F. The highest BCUT2D eigenvalue weighted by atomic mass is 35.5. The zero-order valence-corrected chi connectivity index (χ0v) is 18.6. The van der Waals surface area contributed by atoms with E-state index in [0.717, 1.165) is 24.5 Å². The van der Waals surface area contributed by atoms with E-state index >= 15 is 0 Å². The topological polar surface area (TPSA) is 67.4 Å². The predicted molar refractivity (Wildman–Crippen MR) is 123 cm³/mol. The highest BCUT2D eigenvalue weighted by molar-refractivity contribution is 6.31. The summed E-state index contributed by atoms with van der Waals surface area (Å²) in [6, 6.07) is 15.9. The van der Waals surface area contributed by atoms with Gasteiger partial charge in [-0.2, -0.15) is 0 Å². The average Bonchev–Trinajstić information content (AvgIpc) is 3.56. The van der Waals surface area contributed by atoms with Crippen LogP contribution in [0.3, 0.4) is 0 Å². The summed E-state index contributed by atoms with van der Waals surface area (Å²) in [5, 5.41) is 6.30. The number of carbonyl (C=O) groups excluding carboxylic acids is 2. The lowest BCUT2D eigenvalue weighted by Gasteiger charge is -2.17. The van der Waals surface area contributed by atoms with E-state index in [9.17, 15) is 14.0 Å². The molecule has 0 atom stereocenters. The van der Waals surface area contributed by atoms with Crippen LogP contribution >= 0.6 is 23.2 Å². The van der Waals surface area contributed by atoms with E-state index in [1.165, 1.54) is 19.2 Å². The number of ether oxygens (including phenoxy) is 1. The molecule has 1 saturated carbocycles. The van der Waals surface area contributed by atoms with Gasteiger partial charge in [0, 0.05) is 15.7 Å². The summed E-state index contributed by atoms with van der Waals surface area (Å²) in [6.07, 6.45) is 1.43. The van der Waals surface area contributed by atoms with E-state index < -0.39 is 17.1 Å². The second kappa shape index (κ2) is 8.81. The molecule has 0 spiro atoms. The van der Waals surface area contributed by atoms with Gasteiger partial charge in [-0.15, -0.1) is 0 Å². The van der Waals surface area contributed by atoms with E-state index in [1.807, 2.05) is 12.1 Å². The summed E-state index contributed by atoms with van der Waals surface area (Å²) in [5.74, 6) is -1.21. The van der Waals surface area contributed by atoms with Crippen molar-refractivity contribution in [2.75, 3.05) is 17.7 Å². The predicted octanol–water partition coefficient (Wildman–Crippen LogP) is 6.06. The van der Waals surface area contributed by atoms with Crippen molar-refractivity contribution in [3.8, 4) is 5.75 Å². The number of halogens is 3. The first-order chi connectivity index (χ1) is 15.3. The average molecular weight is 473 g/mol. The second-order valence-electron chi connectivity index (χ2n) is 7.54. The Morgan fingerprint density at radius 1 is 0.969 bits per heavy atom. The maximum Gasteiger partial charge on any atom is 0.258 e. The van der Waals surface area contributed by atoms with Crippen LogP contribution in [-0.2, 0) is 10.2 Å². The van der Waals surface area contributed by atoms with Crippen LogP contribution < -0.4 is 15.4 Å². The standard InChI is InChI=1S/C24H19Cl2FN2O3/c1-32-21-8-6-17(13-20(21)29-22(30)18-7-5-16(26)12-19(18)27)28-23(31)24(9-10-24)14-3-2-4-15(25)11-14/h2-8,11-13H,9-10H2,1H3,(H,28,31)(H,29,30). The molecule has 1 aliphatic carbocycles. The van der Waals surface area contributed by atoms with Crippen molar-refractivity contribution in [1.29, 1.82) is 0 Å². The molecule has 2 amide bonds. The first-order valence-corrected chi connectivity index (χ1v) is 10.6. The molecule has 1 fully saturated rings. The van der Waals surface area contributed by atoms with E-state index in [-0.39, 0.29) is 22.2 Å². The highest BCUT2D eigenvalue weighted by Gasteiger charge is 2.51. The molecule has 0 aliphatic heterocycles. The van der Waals surface area contributed by atoms with Gasteiger partial charge < -0.3 is 15.4 Å². The van der Waals surface area contributed by atoms with Crippen molar-refractivity contribution in [2.45, 2.75) is 18.3 Å². The summed E-state index contributed by atoms with van der Waals surface area (Å²) in [6.45, 7) is 0. The molecule has 0 saturated heterocycles. The van der Waals surface area contributed by atoms with Crippen molar-refractivity contribution >= 4 is 46.4 Å². The molecule has 3 aromatic carbocycles. The van der Waals surface area contributed by atoms with Crippen LogP contribution in [0.5, 0.6) is 5.75 Å². The third kappa shape index (κ3) is 4.42. The van der Waals surface area contributed by atoms with Crippen LogP contribution in [0.4, 0.5) is 15.8 Å². The fourth-order valence-electron chi connectivity index (χ4n) is 3.56. The lowest BCUT2D eigenvalue weighted by molar-refractivity contribution is -0.118. The minimum absolute atomic E-state index is 0.161. The molecule has 0 unspecified atom stereocenters. The van der Waals surface area contributed by atoms with Crippen molar-refractivity contribution in [2.24, 2.45) is 0 Å². The van der Waals surface area contributed by atoms with Crippen molar-refractivity contribution in [3.05, 3.63) is 87.7 Å². The Hall–Kier alpha value is -3.09. The zero-order valence-electron chi connectivity index (χ0n) is 17.0. The largest absolute Gasteiger partial charge is 0.495 e. The lowest BCUT2D eigenvalue weighted by atomic mass is 9.95. The van der Waals surface area contributed by atoms with Crippen molar-refractivity contribution < 1.29 is 18.7 Å². The van der Waals surface area contributed by atoms with Crippen molar-refractivity contribution in [1.82, 2.24) is 0 Å². The van der Waals surface area contributed by atoms with E-state index in [2.05, 4.69) is 10.6 Å². The summed E-state index contributed by atoms with van der Waals surface area (Å²) in [5.41, 5.74) is 0.834. The minimum Gasteiger partial charge on any atom is -0.495 e. The Kier molecular flexibility index (Phi) is 6.09. The molecule has 1 aliphatic rings.